The van der Waals surface area contributed by atoms with Crippen LogP contribution in [0.5, 0.6) is 0 Å². The molecule has 2 heteroatoms. The van der Waals surface area contributed by atoms with Crippen LogP contribution in [0.2, 0.25) is 0 Å². The summed E-state index contributed by atoms with van der Waals surface area (Å²) in [7, 11) is 0. The number of hydrogen-bond acceptors (Lipinski definition) is 1. The van der Waals surface area contributed by atoms with Gasteiger partial charge in [-0.3, -0.25) is 0 Å². The zero-order chi connectivity index (χ0) is 9.52. The van der Waals surface area contributed by atoms with Crippen molar-refractivity contribution in [2.24, 2.45) is 0 Å². The van der Waals surface area contributed by atoms with Crippen LogP contribution in [-0.4, -0.2) is 28.2 Å². The summed E-state index contributed by atoms with van der Waals surface area (Å²) in [5, 5.41) is 0. The molecule has 1 aromatic rings. The second-order valence-electron chi connectivity index (χ2n) is 2.59. The molecule has 0 N–H and O–H groups in total. The fraction of sp³-hybridized carbons (Fsp3) is 0.273. The fourth-order valence-electron chi connectivity index (χ4n) is 0.901. The van der Waals surface area contributed by atoms with Gasteiger partial charge in [0, 0.05) is 0 Å². The van der Waals surface area contributed by atoms with Crippen molar-refractivity contribution in [2.45, 2.75) is 6.92 Å². The standard InChI is InChI=1S/C11H14OSe/c1-3-12-9-10(2)13-11-7-5-4-6-8-11/h4-8H,2-3,9H2,1H3. The Hall–Kier alpha value is -0.561. The Labute approximate surface area is 86.0 Å². The average molecular weight is 241 g/mol. The Kier molecular flexibility index (Phi) is 4.84. The Morgan fingerprint density at radius 2 is 2.08 bits per heavy atom. The van der Waals surface area contributed by atoms with Gasteiger partial charge in [-0.05, 0) is 0 Å². The maximum absolute atomic E-state index is 5.28. The van der Waals surface area contributed by atoms with Crippen LogP contribution in [0.3, 0.4) is 0 Å². The molecule has 0 heterocycles. The third-order valence-corrected chi connectivity index (χ3v) is 3.39. The van der Waals surface area contributed by atoms with Crippen LogP contribution in [-0.2, 0) is 4.74 Å². The monoisotopic (exact) mass is 242 g/mol. The molecule has 0 unspecified atom stereocenters. The molecule has 13 heavy (non-hydrogen) atoms. The van der Waals surface area contributed by atoms with E-state index in [1.807, 2.05) is 13.0 Å². The van der Waals surface area contributed by atoms with Gasteiger partial charge in [-0.25, -0.2) is 0 Å². The first kappa shape index (κ1) is 10.5. The van der Waals surface area contributed by atoms with Gasteiger partial charge in [-0.15, -0.1) is 0 Å². The average Bonchev–Trinajstić information content (AvgIpc) is 2.16. The van der Waals surface area contributed by atoms with Crippen molar-refractivity contribution in [1.29, 1.82) is 0 Å². The molecule has 0 aromatic heterocycles. The fourth-order valence-corrected chi connectivity index (χ4v) is 2.51. The second-order valence-corrected chi connectivity index (χ2v) is 5.22. The molecule has 0 aliphatic rings. The topological polar surface area (TPSA) is 9.23 Å². The van der Waals surface area contributed by atoms with E-state index in [1.54, 1.807) is 0 Å². The second kappa shape index (κ2) is 5.98. The molecule has 0 aliphatic carbocycles. The van der Waals surface area contributed by atoms with Gasteiger partial charge in [-0.2, -0.15) is 0 Å². The van der Waals surface area contributed by atoms with Crippen molar-refractivity contribution < 1.29 is 4.74 Å². The molecule has 0 amide bonds. The Morgan fingerprint density at radius 3 is 2.69 bits per heavy atom. The van der Waals surface area contributed by atoms with Gasteiger partial charge >= 0.3 is 85.7 Å². The van der Waals surface area contributed by atoms with Gasteiger partial charge in [0.15, 0.2) is 0 Å². The SMILES string of the molecule is C=C(COCC)[Se]c1ccccc1. The van der Waals surface area contributed by atoms with Crippen LogP contribution in [0, 0.1) is 0 Å². The van der Waals surface area contributed by atoms with Crippen LogP contribution in [0.4, 0.5) is 0 Å². The summed E-state index contributed by atoms with van der Waals surface area (Å²) in [6.07, 6.45) is 0. The van der Waals surface area contributed by atoms with E-state index in [-0.39, 0.29) is 0 Å². The van der Waals surface area contributed by atoms with Gasteiger partial charge in [0.2, 0.25) is 0 Å². The van der Waals surface area contributed by atoms with E-state index in [9.17, 15) is 0 Å². The van der Waals surface area contributed by atoms with Crippen LogP contribution in [0.25, 0.3) is 0 Å². The van der Waals surface area contributed by atoms with Crippen LogP contribution in [0.1, 0.15) is 6.92 Å². The first-order valence-corrected chi connectivity index (χ1v) is 6.02. The molecule has 0 saturated heterocycles. The molecule has 70 valence electrons. The predicted octanol–water partition coefficient (Wildman–Crippen LogP) is 1.57. The molecule has 0 saturated carbocycles. The quantitative estimate of drug-likeness (QED) is 0.711. The molecule has 0 fully saturated rings. The first-order chi connectivity index (χ1) is 6.33. The van der Waals surface area contributed by atoms with Gasteiger partial charge in [0.1, 0.15) is 0 Å². The summed E-state index contributed by atoms with van der Waals surface area (Å²) in [6, 6.07) is 10.4. The zero-order valence-electron chi connectivity index (χ0n) is 7.82. The Bertz CT molecular complexity index is 256. The van der Waals surface area contributed by atoms with Crippen molar-refractivity contribution in [3.8, 4) is 0 Å². The first-order valence-electron chi connectivity index (χ1n) is 4.31. The van der Waals surface area contributed by atoms with Crippen molar-refractivity contribution in [3.63, 3.8) is 0 Å². The van der Waals surface area contributed by atoms with Gasteiger partial charge in [0.05, 0.1) is 0 Å². The number of rotatable bonds is 5. The van der Waals surface area contributed by atoms with E-state index in [0.717, 1.165) is 6.61 Å². The third-order valence-electron chi connectivity index (χ3n) is 1.47. The van der Waals surface area contributed by atoms with E-state index in [1.165, 1.54) is 8.93 Å². The molecule has 1 nitrogen and oxygen atoms in total. The van der Waals surface area contributed by atoms with E-state index in [2.05, 4.69) is 30.8 Å². The van der Waals surface area contributed by atoms with Gasteiger partial charge < -0.3 is 0 Å². The Balaban J connectivity index is 2.37. The predicted molar refractivity (Wildman–Crippen MR) is 57.5 cm³/mol. The number of benzene rings is 1. The minimum atomic E-state index is 0.358. The summed E-state index contributed by atoms with van der Waals surface area (Å²) in [6.45, 7) is 7.46. The minimum absolute atomic E-state index is 0.358. The van der Waals surface area contributed by atoms with Crippen molar-refractivity contribution in [3.05, 3.63) is 41.4 Å². The summed E-state index contributed by atoms with van der Waals surface area (Å²) >= 11 is 0.358. The molecule has 1 rings (SSSR count). The van der Waals surface area contributed by atoms with E-state index < -0.39 is 0 Å². The van der Waals surface area contributed by atoms with Crippen LogP contribution < -0.4 is 4.46 Å². The molecule has 0 bridgehead atoms. The normalized spacial score (nSPS) is 9.92. The summed E-state index contributed by atoms with van der Waals surface area (Å²) in [4.78, 5) is 0. The Morgan fingerprint density at radius 1 is 1.38 bits per heavy atom. The summed E-state index contributed by atoms with van der Waals surface area (Å²) < 4.78 is 7.84. The van der Waals surface area contributed by atoms with Gasteiger partial charge in [-0.1, -0.05) is 0 Å². The van der Waals surface area contributed by atoms with Gasteiger partial charge in [0.25, 0.3) is 0 Å². The van der Waals surface area contributed by atoms with E-state index in [4.69, 9.17) is 4.74 Å². The van der Waals surface area contributed by atoms with Crippen LogP contribution in [0.15, 0.2) is 41.4 Å². The molecular weight excluding hydrogens is 227 g/mol. The van der Waals surface area contributed by atoms with Crippen LogP contribution >= 0.6 is 0 Å². The summed E-state index contributed by atoms with van der Waals surface area (Å²) in [5.74, 6) is 0. The molecular formula is C11H14OSe. The third kappa shape index (κ3) is 4.28. The molecule has 0 radical (unpaired) electrons. The van der Waals surface area contributed by atoms with Crippen molar-refractivity contribution in [2.75, 3.05) is 13.2 Å². The zero-order valence-corrected chi connectivity index (χ0v) is 9.54. The number of hydrogen-bond donors (Lipinski definition) is 0. The molecule has 0 atom stereocenters. The van der Waals surface area contributed by atoms with E-state index in [0.29, 0.717) is 21.6 Å². The molecule has 0 spiro atoms. The van der Waals surface area contributed by atoms with Crippen molar-refractivity contribution in [1.82, 2.24) is 0 Å². The number of ether oxygens (including phenoxy) is 1. The summed E-state index contributed by atoms with van der Waals surface area (Å²) in [5.41, 5.74) is 0. The molecule has 0 aliphatic heterocycles. The van der Waals surface area contributed by atoms with E-state index >= 15 is 0 Å². The van der Waals surface area contributed by atoms with Crippen molar-refractivity contribution >= 4 is 19.4 Å². The molecule has 1 aromatic carbocycles. The maximum atomic E-state index is 5.28.